The molecule has 2 unspecified atom stereocenters. The number of rotatable bonds is 8. The fourth-order valence-electron chi connectivity index (χ4n) is 2.36. The fraction of sp³-hybridized carbons (Fsp3) is 0.667. The van der Waals surface area contributed by atoms with Crippen LogP contribution in [0.15, 0.2) is 24.4 Å². The van der Waals surface area contributed by atoms with Crippen LogP contribution >= 0.6 is 0 Å². The van der Waals surface area contributed by atoms with Gasteiger partial charge in [-0.05, 0) is 25.0 Å². The van der Waals surface area contributed by atoms with Crippen molar-refractivity contribution < 1.29 is 4.74 Å². The Bertz CT molecular complexity index is 341. The Morgan fingerprint density at radius 1 is 1.32 bits per heavy atom. The van der Waals surface area contributed by atoms with Crippen LogP contribution in [0.25, 0.3) is 0 Å². The molecule has 2 N–H and O–H groups in total. The van der Waals surface area contributed by atoms with Gasteiger partial charge in [0, 0.05) is 32.4 Å². The second-order valence-corrected chi connectivity index (χ2v) is 5.44. The summed E-state index contributed by atoms with van der Waals surface area (Å²) in [5.74, 6) is 0.585. The number of pyridine rings is 1. The molecule has 1 aromatic heterocycles. The highest BCUT2D eigenvalue weighted by Gasteiger charge is 2.25. The minimum Gasteiger partial charge on any atom is -0.383 e. The summed E-state index contributed by atoms with van der Waals surface area (Å²) in [4.78, 5) is 6.85. The van der Waals surface area contributed by atoms with Crippen molar-refractivity contribution in [2.75, 3.05) is 26.8 Å². The zero-order valence-corrected chi connectivity index (χ0v) is 12.5. The SMILES string of the molecule is COCCN(CC(C)C)C(c1ccccn1)C(C)N. The first-order valence-corrected chi connectivity index (χ1v) is 6.95. The van der Waals surface area contributed by atoms with Crippen molar-refractivity contribution in [2.24, 2.45) is 11.7 Å². The smallest absolute Gasteiger partial charge is 0.0671 e. The number of methoxy groups -OCH3 is 1. The summed E-state index contributed by atoms with van der Waals surface area (Å²) >= 11 is 0. The molecule has 0 saturated heterocycles. The van der Waals surface area contributed by atoms with E-state index in [1.807, 2.05) is 31.3 Å². The summed E-state index contributed by atoms with van der Waals surface area (Å²) in [6.45, 7) is 9.05. The quantitative estimate of drug-likeness (QED) is 0.782. The molecule has 1 rings (SSSR count). The minimum atomic E-state index is 0.0329. The van der Waals surface area contributed by atoms with Gasteiger partial charge < -0.3 is 10.5 Å². The Labute approximate surface area is 117 Å². The van der Waals surface area contributed by atoms with Crippen LogP contribution in [0.4, 0.5) is 0 Å². The number of aromatic nitrogens is 1. The molecule has 1 heterocycles. The van der Waals surface area contributed by atoms with E-state index in [0.717, 1.165) is 18.8 Å². The van der Waals surface area contributed by atoms with Gasteiger partial charge in [-0.2, -0.15) is 0 Å². The molecule has 0 amide bonds. The van der Waals surface area contributed by atoms with Crippen LogP contribution in [-0.2, 0) is 4.74 Å². The largest absolute Gasteiger partial charge is 0.383 e. The van der Waals surface area contributed by atoms with Crippen LogP contribution in [-0.4, -0.2) is 42.7 Å². The predicted molar refractivity (Wildman–Crippen MR) is 78.9 cm³/mol. The normalized spacial score (nSPS) is 14.9. The monoisotopic (exact) mass is 265 g/mol. The Morgan fingerprint density at radius 3 is 2.53 bits per heavy atom. The summed E-state index contributed by atoms with van der Waals surface area (Å²) in [5, 5.41) is 0. The zero-order valence-electron chi connectivity index (χ0n) is 12.5. The number of nitrogens with two attached hydrogens (primary N) is 1. The molecule has 0 aromatic carbocycles. The average molecular weight is 265 g/mol. The molecular weight excluding hydrogens is 238 g/mol. The number of nitrogens with zero attached hydrogens (tertiary/aromatic N) is 2. The highest BCUT2D eigenvalue weighted by Crippen LogP contribution is 2.22. The number of hydrogen-bond acceptors (Lipinski definition) is 4. The maximum Gasteiger partial charge on any atom is 0.0671 e. The van der Waals surface area contributed by atoms with Crippen LogP contribution < -0.4 is 5.73 Å². The van der Waals surface area contributed by atoms with E-state index < -0.39 is 0 Å². The molecule has 4 nitrogen and oxygen atoms in total. The molecule has 0 spiro atoms. The molecule has 0 aliphatic heterocycles. The van der Waals surface area contributed by atoms with Crippen molar-refractivity contribution in [2.45, 2.75) is 32.9 Å². The van der Waals surface area contributed by atoms with E-state index in [0.29, 0.717) is 12.5 Å². The molecule has 1 aromatic rings. The summed E-state index contributed by atoms with van der Waals surface area (Å²) < 4.78 is 5.22. The maximum absolute atomic E-state index is 6.19. The number of hydrogen-bond donors (Lipinski definition) is 1. The van der Waals surface area contributed by atoms with Crippen molar-refractivity contribution in [1.29, 1.82) is 0 Å². The second-order valence-electron chi connectivity index (χ2n) is 5.44. The van der Waals surface area contributed by atoms with Gasteiger partial charge in [-0.25, -0.2) is 0 Å². The third-order valence-corrected chi connectivity index (χ3v) is 3.06. The van der Waals surface area contributed by atoms with Gasteiger partial charge in [0.2, 0.25) is 0 Å². The third-order valence-electron chi connectivity index (χ3n) is 3.06. The van der Waals surface area contributed by atoms with E-state index >= 15 is 0 Å². The Hall–Kier alpha value is -0.970. The van der Waals surface area contributed by atoms with Crippen LogP contribution in [0.1, 0.15) is 32.5 Å². The highest BCUT2D eigenvalue weighted by molar-refractivity contribution is 5.11. The van der Waals surface area contributed by atoms with E-state index in [9.17, 15) is 0 Å². The Balaban J connectivity index is 2.91. The molecule has 2 atom stereocenters. The van der Waals surface area contributed by atoms with E-state index in [1.165, 1.54) is 0 Å². The minimum absolute atomic E-state index is 0.0329. The Morgan fingerprint density at radius 2 is 2.05 bits per heavy atom. The van der Waals surface area contributed by atoms with Gasteiger partial charge >= 0.3 is 0 Å². The van der Waals surface area contributed by atoms with Crippen LogP contribution in [0.3, 0.4) is 0 Å². The first kappa shape index (κ1) is 16.1. The van der Waals surface area contributed by atoms with Crippen LogP contribution in [0.5, 0.6) is 0 Å². The zero-order chi connectivity index (χ0) is 14.3. The second kappa shape index (κ2) is 8.25. The van der Waals surface area contributed by atoms with Gasteiger partial charge in [-0.1, -0.05) is 19.9 Å². The van der Waals surface area contributed by atoms with Crippen LogP contribution in [0, 0.1) is 5.92 Å². The summed E-state index contributed by atoms with van der Waals surface area (Å²) in [5.41, 5.74) is 7.23. The highest BCUT2D eigenvalue weighted by atomic mass is 16.5. The van der Waals surface area contributed by atoms with Crippen molar-refractivity contribution >= 4 is 0 Å². The molecule has 108 valence electrons. The lowest BCUT2D eigenvalue weighted by molar-refractivity contribution is 0.0990. The molecule has 0 bridgehead atoms. The van der Waals surface area contributed by atoms with E-state index in [4.69, 9.17) is 10.5 Å². The van der Waals surface area contributed by atoms with Crippen molar-refractivity contribution in [3.8, 4) is 0 Å². The van der Waals surface area contributed by atoms with Gasteiger partial charge in [-0.3, -0.25) is 9.88 Å². The fourth-order valence-corrected chi connectivity index (χ4v) is 2.36. The molecule has 19 heavy (non-hydrogen) atoms. The first-order chi connectivity index (χ1) is 9.06. The van der Waals surface area contributed by atoms with Gasteiger partial charge in [0.25, 0.3) is 0 Å². The molecular formula is C15H27N3O. The molecule has 0 aliphatic carbocycles. The summed E-state index contributed by atoms with van der Waals surface area (Å²) in [7, 11) is 1.73. The van der Waals surface area contributed by atoms with E-state index in [2.05, 4.69) is 23.7 Å². The first-order valence-electron chi connectivity index (χ1n) is 6.95. The molecule has 4 heteroatoms. The summed E-state index contributed by atoms with van der Waals surface area (Å²) in [6.07, 6.45) is 1.83. The van der Waals surface area contributed by atoms with Crippen molar-refractivity contribution in [3.63, 3.8) is 0 Å². The van der Waals surface area contributed by atoms with E-state index in [-0.39, 0.29) is 12.1 Å². The molecule has 0 radical (unpaired) electrons. The van der Waals surface area contributed by atoms with Gasteiger partial charge in [0.05, 0.1) is 18.3 Å². The molecule has 0 saturated carbocycles. The molecule has 0 aliphatic rings. The van der Waals surface area contributed by atoms with Crippen molar-refractivity contribution in [3.05, 3.63) is 30.1 Å². The Kier molecular flexibility index (Phi) is 6.99. The standard InChI is InChI=1S/C15H27N3O/c1-12(2)11-18(9-10-19-4)15(13(3)16)14-7-5-6-8-17-14/h5-8,12-13,15H,9-11,16H2,1-4H3. The van der Waals surface area contributed by atoms with Gasteiger partial charge in [-0.15, -0.1) is 0 Å². The lowest BCUT2D eigenvalue weighted by Crippen LogP contribution is -2.43. The molecule has 0 fully saturated rings. The lowest BCUT2D eigenvalue weighted by Gasteiger charge is -2.34. The van der Waals surface area contributed by atoms with E-state index in [1.54, 1.807) is 7.11 Å². The number of ether oxygens (including phenoxy) is 1. The van der Waals surface area contributed by atoms with Crippen LogP contribution in [0.2, 0.25) is 0 Å². The van der Waals surface area contributed by atoms with Gasteiger partial charge in [0.1, 0.15) is 0 Å². The predicted octanol–water partition coefficient (Wildman–Crippen LogP) is 2.07. The topological polar surface area (TPSA) is 51.4 Å². The lowest BCUT2D eigenvalue weighted by atomic mass is 10.0. The maximum atomic E-state index is 6.19. The van der Waals surface area contributed by atoms with Gasteiger partial charge in [0.15, 0.2) is 0 Å². The van der Waals surface area contributed by atoms with Crippen molar-refractivity contribution in [1.82, 2.24) is 9.88 Å². The summed E-state index contributed by atoms with van der Waals surface area (Å²) in [6, 6.07) is 6.17. The third kappa shape index (κ3) is 5.27. The average Bonchev–Trinajstić information content (AvgIpc) is 2.36.